The van der Waals surface area contributed by atoms with Crippen LogP contribution in [0.1, 0.15) is 38.2 Å². The SMILES string of the molecule is CCC(C)c1cncc(Cl)c1N1CCCN(C(=O)Nc2cccc(Cl)c2)CC1. The summed E-state index contributed by atoms with van der Waals surface area (Å²) in [7, 11) is 0. The molecule has 1 aliphatic rings. The molecule has 1 unspecified atom stereocenters. The van der Waals surface area contributed by atoms with Crippen LogP contribution in [0.5, 0.6) is 0 Å². The molecule has 0 bridgehead atoms. The van der Waals surface area contributed by atoms with Crippen LogP contribution in [0.25, 0.3) is 0 Å². The van der Waals surface area contributed by atoms with Crippen LogP contribution < -0.4 is 10.2 Å². The molecule has 1 N–H and O–H groups in total. The summed E-state index contributed by atoms with van der Waals surface area (Å²) in [5.41, 5.74) is 2.93. The second kappa shape index (κ2) is 9.48. The molecule has 28 heavy (non-hydrogen) atoms. The lowest BCUT2D eigenvalue weighted by Gasteiger charge is -2.28. The minimum Gasteiger partial charge on any atom is -0.368 e. The van der Waals surface area contributed by atoms with E-state index in [4.69, 9.17) is 23.2 Å². The molecule has 0 radical (unpaired) electrons. The van der Waals surface area contributed by atoms with Gasteiger partial charge < -0.3 is 15.1 Å². The zero-order valence-electron chi connectivity index (χ0n) is 16.3. The highest BCUT2D eigenvalue weighted by Gasteiger charge is 2.23. The van der Waals surface area contributed by atoms with Crippen molar-refractivity contribution in [2.24, 2.45) is 0 Å². The summed E-state index contributed by atoms with van der Waals surface area (Å²) in [5, 5.41) is 4.21. The van der Waals surface area contributed by atoms with Crippen LogP contribution in [-0.4, -0.2) is 42.1 Å². The molecule has 0 aliphatic carbocycles. The first-order valence-corrected chi connectivity index (χ1v) is 10.4. The van der Waals surface area contributed by atoms with Crippen LogP contribution in [0.4, 0.5) is 16.2 Å². The van der Waals surface area contributed by atoms with Gasteiger partial charge in [0, 0.05) is 49.3 Å². The lowest BCUT2D eigenvalue weighted by molar-refractivity contribution is 0.215. The van der Waals surface area contributed by atoms with E-state index >= 15 is 0 Å². The van der Waals surface area contributed by atoms with Gasteiger partial charge in [0.1, 0.15) is 0 Å². The molecule has 2 amide bonds. The molecule has 0 spiro atoms. The highest BCUT2D eigenvalue weighted by Crippen LogP contribution is 2.35. The summed E-state index contributed by atoms with van der Waals surface area (Å²) in [6, 6.07) is 7.09. The third kappa shape index (κ3) is 4.89. The first kappa shape index (κ1) is 20.7. The van der Waals surface area contributed by atoms with E-state index in [2.05, 4.69) is 29.0 Å². The van der Waals surface area contributed by atoms with Crippen molar-refractivity contribution in [1.29, 1.82) is 0 Å². The molecular weight excluding hydrogens is 395 g/mol. The van der Waals surface area contributed by atoms with Gasteiger partial charge in [-0.1, -0.05) is 43.1 Å². The van der Waals surface area contributed by atoms with Crippen LogP contribution in [0.15, 0.2) is 36.7 Å². The van der Waals surface area contributed by atoms with Gasteiger partial charge in [0.05, 0.1) is 10.7 Å². The fourth-order valence-corrected chi connectivity index (χ4v) is 3.95. The average Bonchev–Trinajstić information content (AvgIpc) is 2.93. The summed E-state index contributed by atoms with van der Waals surface area (Å²) >= 11 is 12.5. The lowest BCUT2D eigenvalue weighted by Crippen LogP contribution is -2.38. The number of nitrogens with zero attached hydrogens (tertiary/aromatic N) is 3. The number of halogens is 2. The van der Waals surface area contributed by atoms with E-state index in [1.54, 1.807) is 18.3 Å². The first-order chi connectivity index (χ1) is 13.5. The Morgan fingerprint density at radius 1 is 1.21 bits per heavy atom. The van der Waals surface area contributed by atoms with Gasteiger partial charge in [-0.3, -0.25) is 4.98 Å². The molecule has 1 aromatic carbocycles. The maximum Gasteiger partial charge on any atom is 0.321 e. The van der Waals surface area contributed by atoms with E-state index in [9.17, 15) is 4.79 Å². The van der Waals surface area contributed by atoms with E-state index in [0.29, 0.717) is 34.7 Å². The number of anilines is 2. The minimum atomic E-state index is -0.105. The summed E-state index contributed by atoms with van der Waals surface area (Å²) in [6.45, 7) is 7.28. The van der Waals surface area contributed by atoms with Crippen LogP contribution in [0, 0.1) is 0 Å². The van der Waals surface area contributed by atoms with Crippen molar-refractivity contribution in [2.45, 2.75) is 32.6 Å². The van der Waals surface area contributed by atoms with Crippen molar-refractivity contribution in [2.75, 3.05) is 36.4 Å². The molecule has 1 saturated heterocycles. The number of carbonyl (C=O) groups excluding carboxylic acids is 1. The number of carbonyl (C=O) groups is 1. The van der Waals surface area contributed by atoms with Gasteiger partial charge in [-0.15, -0.1) is 0 Å². The molecule has 1 atom stereocenters. The second-order valence-electron chi connectivity index (χ2n) is 7.14. The number of benzene rings is 1. The smallest absolute Gasteiger partial charge is 0.321 e. The van der Waals surface area contributed by atoms with Crippen LogP contribution in [0.2, 0.25) is 10.0 Å². The Morgan fingerprint density at radius 3 is 2.79 bits per heavy atom. The van der Waals surface area contributed by atoms with Crippen molar-refractivity contribution in [3.63, 3.8) is 0 Å². The third-order valence-electron chi connectivity index (χ3n) is 5.22. The van der Waals surface area contributed by atoms with Crippen molar-refractivity contribution in [3.8, 4) is 0 Å². The summed E-state index contributed by atoms with van der Waals surface area (Å²) in [6.07, 6.45) is 5.53. The highest BCUT2D eigenvalue weighted by atomic mass is 35.5. The fraction of sp³-hybridized carbons (Fsp3) is 0.429. The Morgan fingerprint density at radius 2 is 2.04 bits per heavy atom. The first-order valence-electron chi connectivity index (χ1n) is 9.69. The van der Waals surface area contributed by atoms with Crippen LogP contribution >= 0.6 is 23.2 Å². The van der Waals surface area contributed by atoms with Gasteiger partial charge in [0.15, 0.2) is 0 Å². The molecule has 1 fully saturated rings. The number of rotatable bonds is 4. The predicted octanol–water partition coefficient (Wildman–Crippen LogP) is 5.65. The molecule has 1 aromatic heterocycles. The average molecular weight is 421 g/mol. The van der Waals surface area contributed by atoms with Crippen molar-refractivity contribution in [3.05, 3.63) is 52.3 Å². The lowest BCUT2D eigenvalue weighted by atomic mass is 9.98. The van der Waals surface area contributed by atoms with Crippen molar-refractivity contribution < 1.29 is 4.79 Å². The third-order valence-corrected chi connectivity index (χ3v) is 5.73. The van der Waals surface area contributed by atoms with Crippen LogP contribution in [-0.2, 0) is 0 Å². The number of hydrogen-bond acceptors (Lipinski definition) is 3. The fourth-order valence-electron chi connectivity index (χ4n) is 3.47. The molecule has 2 heterocycles. The van der Waals surface area contributed by atoms with Crippen molar-refractivity contribution >= 4 is 40.6 Å². The normalized spacial score (nSPS) is 15.9. The molecule has 5 nitrogen and oxygen atoms in total. The molecule has 3 rings (SSSR count). The summed E-state index contributed by atoms with van der Waals surface area (Å²) in [4.78, 5) is 21.1. The molecule has 7 heteroatoms. The number of urea groups is 1. The second-order valence-corrected chi connectivity index (χ2v) is 7.98. The van der Waals surface area contributed by atoms with Crippen LogP contribution in [0.3, 0.4) is 0 Å². The topological polar surface area (TPSA) is 48.5 Å². The number of pyridine rings is 1. The largest absolute Gasteiger partial charge is 0.368 e. The Hall–Kier alpha value is -1.98. The summed E-state index contributed by atoms with van der Waals surface area (Å²) in [5.74, 6) is 0.381. The van der Waals surface area contributed by atoms with Gasteiger partial charge in [-0.25, -0.2) is 4.79 Å². The zero-order valence-corrected chi connectivity index (χ0v) is 17.8. The summed E-state index contributed by atoms with van der Waals surface area (Å²) < 4.78 is 0. The van der Waals surface area contributed by atoms with E-state index < -0.39 is 0 Å². The molecule has 1 aliphatic heterocycles. The van der Waals surface area contributed by atoms with Gasteiger partial charge in [0.2, 0.25) is 0 Å². The molecule has 0 saturated carbocycles. The Balaban J connectivity index is 1.71. The quantitative estimate of drug-likeness (QED) is 0.695. The maximum absolute atomic E-state index is 12.7. The number of amides is 2. The Labute approximate surface area is 176 Å². The highest BCUT2D eigenvalue weighted by molar-refractivity contribution is 6.33. The predicted molar refractivity (Wildman–Crippen MR) is 117 cm³/mol. The van der Waals surface area contributed by atoms with E-state index in [1.807, 2.05) is 23.2 Å². The Kier molecular flexibility index (Phi) is 7.03. The number of nitrogens with one attached hydrogen (secondary N) is 1. The zero-order chi connectivity index (χ0) is 20.1. The monoisotopic (exact) mass is 420 g/mol. The molecule has 2 aromatic rings. The molecular formula is C21H26Cl2N4O. The number of hydrogen-bond donors (Lipinski definition) is 1. The minimum absolute atomic E-state index is 0.105. The van der Waals surface area contributed by atoms with Gasteiger partial charge in [-0.2, -0.15) is 0 Å². The number of aromatic nitrogens is 1. The maximum atomic E-state index is 12.7. The van der Waals surface area contributed by atoms with Gasteiger partial charge >= 0.3 is 6.03 Å². The Bertz CT molecular complexity index is 830. The van der Waals surface area contributed by atoms with Gasteiger partial charge in [-0.05, 0) is 42.5 Å². The van der Waals surface area contributed by atoms with Crippen molar-refractivity contribution in [1.82, 2.24) is 9.88 Å². The van der Waals surface area contributed by atoms with E-state index in [-0.39, 0.29) is 6.03 Å². The standard InChI is InChI=1S/C21H26Cl2N4O/c1-3-15(2)18-13-24-14-19(23)20(18)26-8-5-9-27(11-10-26)21(28)25-17-7-4-6-16(22)12-17/h4,6-7,12-15H,3,5,8-11H2,1-2H3,(H,25,28). The van der Waals surface area contributed by atoms with Gasteiger partial charge in [0.25, 0.3) is 0 Å². The van der Waals surface area contributed by atoms with E-state index in [0.717, 1.165) is 31.6 Å². The van der Waals surface area contributed by atoms with E-state index in [1.165, 1.54) is 5.56 Å². The molecule has 150 valence electrons.